The normalized spacial score (nSPS) is 13.9. The van der Waals surface area contributed by atoms with Gasteiger partial charge < -0.3 is 19.8 Å². The van der Waals surface area contributed by atoms with Gasteiger partial charge in [0.05, 0.1) is 19.0 Å². The average Bonchev–Trinajstić information content (AvgIpc) is 3.63. The van der Waals surface area contributed by atoms with Gasteiger partial charge in [-0.3, -0.25) is 9.30 Å². The molecule has 0 unspecified atom stereocenters. The molecule has 0 bridgehead atoms. The van der Waals surface area contributed by atoms with Gasteiger partial charge in [-0.05, 0) is 35.7 Å². The summed E-state index contributed by atoms with van der Waals surface area (Å²) in [5.41, 5.74) is 3.07. The number of halogens is 6. The molecule has 0 saturated carbocycles. The number of carboxylic acids is 2. The van der Waals surface area contributed by atoms with Crippen molar-refractivity contribution in [3.05, 3.63) is 65.2 Å². The summed E-state index contributed by atoms with van der Waals surface area (Å²) >= 11 is 1.83. The van der Waals surface area contributed by atoms with Crippen LogP contribution in [0.4, 0.5) is 32.2 Å². The van der Waals surface area contributed by atoms with Crippen molar-refractivity contribution in [2.75, 3.05) is 38.2 Å². The van der Waals surface area contributed by atoms with Crippen LogP contribution >= 0.6 is 11.3 Å². The molecule has 1 aliphatic rings. The zero-order valence-electron chi connectivity index (χ0n) is 22.3. The van der Waals surface area contributed by atoms with Crippen molar-refractivity contribution < 1.29 is 50.9 Å². The van der Waals surface area contributed by atoms with Gasteiger partial charge in [-0.25, -0.2) is 19.6 Å². The largest absolute Gasteiger partial charge is 0.497 e. The van der Waals surface area contributed by atoms with Crippen molar-refractivity contribution in [1.29, 1.82) is 0 Å². The third-order valence-electron chi connectivity index (χ3n) is 5.91. The summed E-state index contributed by atoms with van der Waals surface area (Å²) in [5, 5.41) is 16.4. The molecule has 0 aliphatic carbocycles. The fourth-order valence-corrected chi connectivity index (χ4v) is 4.59. The van der Waals surface area contributed by atoms with Crippen LogP contribution < -0.4 is 9.64 Å². The number of rotatable bonds is 5. The van der Waals surface area contributed by atoms with Crippen LogP contribution in [0.3, 0.4) is 0 Å². The van der Waals surface area contributed by atoms with E-state index in [2.05, 4.69) is 48.8 Å². The van der Waals surface area contributed by atoms with E-state index in [0.29, 0.717) is 0 Å². The second-order valence-electron chi connectivity index (χ2n) is 8.76. The Bertz CT molecular complexity index is 1460. The maximum Gasteiger partial charge on any atom is 0.490 e. The van der Waals surface area contributed by atoms with Crippen LogP contribution in [0.25, 0.3) is 16.9 Å². The number of carbonyl (C=O) groups is 2. The van der Waals surface area contributed by atoms with Crippen molar-refractivity contribution >= 4 is 34.7 Å². The van der Waals surface area contributed by atoms with Crippen molar-refractivity contribution in [2.45, 2.75) is 18.9 Å². The Hall–Kier alpha value is -4.38. The maximum absolute atomic E-state index is 10.6. The van der Waals surface area contributed by atoms with Crippen LogP contribution in [0, 0.1) is 0 Å². The number of imidazole rings is 1. The molecule has 1 aromatic carbocycles. The minimum absolute atomic E-state index is 0.852. The first kappa shape index (κ1) is 33.1. The van der Waals surface area contributed by atoms with E-state index in [-0.39, 0.29) is 0 Å². The highest BCUT2D eigenvalue weighted by molar-refractivity contribution is 7.09. The standard InChI is InChI=1S/C22H23N5OS.2C2HF3O2/c1-28-18-6-4-17(5-7-18)20-15-24-22-21(23-8-9-27(20)22)26-12-10-25(11-13-26)16-19-3-2-14-29-19;2*3-2(4,5)1(6)7/h2-9,14-15H,10-13,16H2,1H3;2*(H,6,7). The number of hydrogen-bond acceptors (Lipinski definition) is 8. The quantitative estimate of drug-likeness (QED) is 0.291. The molecule has 0 spiro atoms. The molecule has 3 aromatic heterocycles. The minimum atomic E-state index is -5.08. The second-order valence-corrected chi connectivity index (χ2v) is 9.80. The lowest BCUT2D eigenvalue weighted by Crippen LogP contribution is -2.46. The van der Waals surface area contributed by atoms with E-state index < -0.39 is 24.3 Å². The third-order valence-corrected chi connectivity index (χ3v) is 6.77. The van der Waals surface area contributed by atoms with Crippen LogP contribution in [-0.2, 0) is 16.1 Å². The van der Waals surface area contributed by atoms with Crippen molar-refractivity contribution in [3.63, 3.8) is 0 Å². The molecule has 1 saturated heterocycles. The average molecular weight is 634 g/mol. The highest BCUT2D eigenvalue weighted by Crippen LogP contribution is 2.27. The van der Waals surface area contributed by atoms with E-state index >= 15 is 0 Å². The highest BCUT2D eigenvalue weighted by atomic mass is 32.1. The molecule has 1 aliphatic heterocycles. The molecule has 4 heterocycles. The molecule has 2 N–H and O–H groups in total. The zero-order valence-corrected chi connectivity index (χ0v) is 23.2. The van der Waals surface area contributed by atoms with Gasteiger partial charge >= 0.3 is 24.3 Å². The molecule has 1 fully saturated rings. The number of aliphatic carboxylic acids is 2. The molecule has 5 rings (SSSR count). The van der Waals surface area contributed by atoms with Crippen molar-refractivity contribution in [1.82, 2.24) is 19.3 Å². The number of aromatic nitrogens is 3. The smallest absolute Gasteiger partial charge is 0.490 e. The first-order valence-corrected chi connectivity index (χ1v) is 13.1. The first-order valence-electron chi connectivity index (χ1n) is 12.3. The Labute approximate surface area is 244 Å². The topological polar surface area (TPSA) is 121 Å². The van der Waals surface area contributed by atoms with E-state index in [1.165, 1.54) is 4.88 Å². The summed E-state index contributed by atoms with van der Waals surface area (Å²) in [4.78, 5) is 33.5. The van der Waals surface area contributed by atoms with E-state index in [9.17, 15) is 26.3 Å². The molecule has 17 heteroatoms. The lowest BCUT2D eigenvalue weighted by atomic mass is 10.1. The van der Waals surface area contributed by atoms with Gasteiger partial charge in [0, 0.05) is 55.6 Å². The fourth-order valence-electron chi connectivity index (χ4n) is 3.84. The number of nitrogens with zero attached hydrogens (tertiary/aromatic N) is 5. The number of methoxy groups -OCH3 is 1. The van der Waals surface area contributed by atoms with Gasteiger partial charge in [-0.2, -0.15) is 26.3 Å². The molecular weight excluding hydrogens is 608 g/mol. The van der Waals surface area contributed by atoms with Crippen LogP contribution in [0.1, 0.15) is 4.88 Å². The summed E-state index contributed by atoms with van der Waals surface area (Å²) in [6, 6.07) is 12.4. The van der Waals surface area contributed by atoms with E-state index in [1.54, 1.807) is 7.11 Å². The van der Waals surface area contributed by atoms with E-state index in [4.69, 9.17) is 29.5 Å². The van der Waals surface area contributed by atoms with Gasteiger partial charge in [-0.1, -0.05) is 6.07 Å². The third kappa shape index (κ3) is 9.31. The Morgan fingerprint density at radius 3 is 2.00 bits per heavy atom. The summed E-state index contributed by atoms with van der Waals surface area (Å²) in [5.74, 6) is -3.70. The predicted molar refractivity (Wildman–Crippen MR) is 144 cm³/mol. The predicted octanol–water partition coefficient (Wildman–Crippen LogP) is 5.06. The lowest BCUT2D eigenvalue weighted by Gasteiger charge is -2.35. The van der Waals surface area contributed by atoms with Gasteiger partial charge in [0.15, 0.2) is 11.5 Å². The fraction of sp³-hybridized carbons (Fsp3) is 0.308. The van der Waals surface area contributed by atoms with Crippen LogP contribution in [0.15, 0.2) is 60.4 Å². The van der Waals surface area contributed by atoms with Crippen molar-refractivity contribution in [2.24, 2.45) is 0 Å². The summed E-state index contributed by atoms with van der Waals surface area (Å²) in [7, 11) is 1.68. The maximum atomic E-state index is 10.6. The second kappa shape index (κ2) is 14.2. The number of anilines is 1. The summed E-state index contributed by atoms with van der Waals surface area (Å²) < 4.78 is 70.9. The van der Waals surface area contributed by atoms with Crippen LogP contribution in [0.2, 0.25) is 0 Å². The van der Waals surface area contributed by atoms with Gasteiger partial charge in [-0.15, -0.1) is 11.3 Å². The molecule has 0 amide bonds. The SMILES string of the molecule is COc1ccc(-c2cnc3c(N4CCN(Cc5cccs5)CC4)nccn23)cc1.O=C(O)C(F)(F)F.O=C(O)C(F)(F)F. The lowest BCUT2D eigenvalue weighted by molar-refractivity contribution is -0.193. The number of thiophene rings is 1. The van der Waals surface area contributed by atoms with Crippen molar-refractivity contribution in [3.8, 4) is 17.0 Å². The summed E-state index contributed by atoms with van der Waals surface area (Å²) in [6.45, 7) is 5.03. The molecule has 0 radical (unpaired) electrons. The van der Waals surface area contributed by atoms with Crippen LogP contribution in [0.5, 0.6) is 5.75 Å². The highest BCUT2D eigenvalue weighted by Gasteiger charge is 2.38. The number of piperazine rings is 1. The Balaban J connectivity index is 0.000000303. The minimum Gasteiger partial charge on any atom is -0.497 e. The molecule has 232 valence electrons. The number of benzene rings is 1. The number of fused-ring (bicyclic) bond motifs is 1. The zero-order chi connectivity index (χ0) is 31.8. The molecule has 4 aromatic rings. The number of carboxylic acid groups (broad SMARTS) is 2. The molecule has 43 heavy (non-hydrogen) atoms. The molecule has 10 nitrogen and oxygen atoms in total. The van der Waals surface area contributed by atoms with Crippen LogP contribution in [-0.4, -0.2) is 87.1 Å². The van der Waals surface area contributed by atoms with Gasteiger partial charge in [0.2, 0.25) is 0 Å². The Kier molecular flexibility index (Phi) is 10.9. The Morgan fingerprint density at radius 2 is 1.51 bits per heavy atom. The number of hydrogen-bond donors (Lipinski definition) is 2. The van der Waals surface area contributed by atoms with Gasteiger partial charge in [0.25, 0.3) is 0 Å². The van der Waals surface area contributed by atoms with Gasteiger partial charge in [0.1, 0.15) is 5.75 Å². The molecule has 0 atom stereocenters. The number of ether oxygens (including phenoxy) is 1. The monoisotopic (exact) mass is 633 g/mol. The van der Waals surface area contributed by atoms with E-state index in [0.717, 1.165) is 61.2 Å². The first-order chi connectivity index (χ1) is 20.2. The Morgan fingerprint density at radius 1 is 0.930 bits per heavy atom. The molecular formula is C26H25F6N5O5S. The summed E-state index contributed by atoms with van der Waals surface area (Å²) in [6.07, 6.45) is -4.39. The van der Waals surface area contributed by atoms with E-state index in [1.807, 2.05) is 42.1 Å². The number of alkyl halides is 6.